The van der Waals surface area contributed by atoms with Gasteiger partial charge in [0, 0.05) is 0 Å². The van der Waals surface area contributed by atoms with E-state index in [1.807, 2.05) is 0 Å². The maximum absolute atomic E-state index is 11.6. The van der Waals surface area contributed by atoms with E-state index in [-0.39, 0.29) is 16.2 Å². The number of hydrogen-bond acceptors (Lipinski definition) is 6. The number of carbonyl (C=O) groups excluding carboxylic acids is 2. The highest BCUT2D eigenvalue weighted by atomic mass is 32.2. The van der Waals surface area contributed by atoms with E-state index in [9.17, 15) is 18.0 Å². The Balaban J connectivity index is 3.47. The summed E-state index contributed by atoms with van der Waals surface area (Å²) in [5.74, 6) is -2.42. The van der Waals surface area contributed by atoms with Crippen LogP contribution in [0.15, 0.2) is 23.1 Å². The molecule has 1 aromatic rings. The number of benzene rings is 1. The molecule has 110 valence electrons. The molecule has 8 heteroatoms. The van der Waals surface area contributed by atoms with E-state index in [4.69, 9.17) is 9.88 Å². The molecule has 0 aromatic heterocycles. The number of ketones is 1. The van der Waals surface area contributed by atoms with Crippen molar-refractivity contribution in [2.75, 3.05) is 14.2 Å². The second-order valence-electron chi connectivity index (χ2n) is 4.02. The number of nitrogens with two attached hydrogens (primary N) is 1. The van der Waals surface area contributed by atoms with Crippen molar-refractivity contribution >= 4 is 21.8 Å². The molecule has 0 amide bonds. The molecule has 0 saturated carbocycles. The van der Waals surface area contributed by atoms with Crippen molar-refractivity contribution in [3.63, 3.8) is 0 Å². The lowest BCUT2D eigenvalue weighted by Gasteiger charge is -2.14. The molecule has 0 aliphatic carbocycles. The molecule has 1 unspecified atom stereocenters. The van der Waals surface area contributed by atoms with E-state index in [1.165, 1.54) is 26.2 Å². The van der Waals surface area contributed by atoms with Crippen LogP contribution < -0.4 is 9.88 Å². The first-order valence-electron chi connectivity index (χ1n) is 5.51. The van der Waals surface area contributed by atoms with Gasteiger partial charge in [0.2, 0.25) is 10.0 Å². The zero-order valence-electron chi connectivity index (χ0n) is 11.2. The molecule has 0 fully saturated rings. The molecule has 2 N–H and O–H groups in total. The lowest BCUT2D eigenvalue weighted by atomic mass is 9.95. The molecule has 1 aromatic carbocycles. The van der Waals surface area contributed by atoms with Crippen LogP contribution in [0.2, 0.25) is 0 Å². The smallest absolute Gasteiger partial charge is 0.320 e. The topological polar surface area (TPSA) is 113 Å². The van der Waals surface area contributed by atoms with Crippen molar-refractivity contribution in [3.05, 3.63) is 23.8 Å². The molecule has 0 saturated heterocycles. The van der Waals surface area contributed by atoms with Crippen LogP contribution in [0, 0.1) is 0 Å². The van der Waals surface area contributed by atoms with Crippen LogP contribution in [0.4, 0.5) is 0 Å². The molecular formula is C12H15NO6S. The standard InChI is InChI=1S/C12H15NO6S/c1-7(14)11(12(15)19-3)8-4-5-9(18-2)10(6-8)20(13,16)17/h4-6,11H,1-3H3,(H2,13,16,17). The van der Waals surface area contributed by atoms with E-state index in [0.717, 1.165) is 13.2 Å². The van der Waals surface area contributed by atoms with Gasteiger partial charge in [-0.2, -0.15) is 0 Å². The Morgan fingerprint density at radius 3 is 2.25 bits per heavy atom. The SMILES string of the molecule is COC(=O)C(C(C)=O)c1ccc(OC)c(S(N)(=O)=O)c1. The fourth-order valence-corrected chi connectivity index (χ4v) is 2.48. The van der Waals surface area contributed by atoms with Crippen LogP contribution in [0.5, 0.6) is 5.75 Å². The molecule has 0 spiro atoms. The number of methoxy groups -OCH3 is 2. The molecule has 0 aliphatic heterocycles. The Morgan fingerprint density at radius 2 is 1.85 bits per heavy atom. The molecule has 1 rings (SSSR count). The van der Waals surface area contributed by atoms with Gasteiger partial charge in [-0.05, 0) is 24.6 Å². The third kappa shape index (κ3) is 3.34. The molecule has 1 atom stereocenters. The van der Waals surface area contributed by atoms with Gasteiger partial charge in [0.15, 0.2) is 0 Å². The van der Waals surface area contributed by atoms with Gasteiger partial charge in [0.1, 0.15) is 22.3 Å². The highest BCUT2D eigenvalue weighted by Gasteiger charge is 2.28. The first-order valence-corrected chi connectivity index (χ1v) is 7.06. The van der Waals surface area contributed by atoms with Gasteiger partial charge in [-0.25, -0.2) is 13.6 Å². The van der Waals surface area contributed by atoms with Crippen LogP contribution in [-0.4, -0.2) is 34.4 Å². The zero-order chi connectivity index (χ0) is 15.5. The van der Waals surface area contributed by atoms with Crippen molar-refractivity contribution in [2.24, 2.45) is 5.14 Å². The molecule has 7 nitrogen and oxygen atoms in total. The van der Waals surface area contributed by atoms with Gasteiger partial charge in [-0.1, -0.05) is 6.07 Å². The van der Waals surface area contributed by atoms with Crippen LogP contribution in [0.25, 0.3) is 0 Å². The summed E-state index contributed by atoms with van der Waals surface area (Å²) in [6.07, 6.45) is 0. The Hall–Kier alpha value is -1.93. The summed E-state index contributed by atoms with van der Waals surface area (Å²) in [5.41, 5.74) is 0.175. The van der Waals surface area contributed by atoms with Crippen molar-refractivity contribution in [1.29, 1.82) is 0 Å². The fraction of sp³-hybridized carbons (Fsp3) is 0.333. The predicted molar refractivity (Wildman–Crippen MR) is 69.8 cm³/mol. The van der Waals surface area contributed by atoms with Crippen LogP contribution in [0.3, 0.4) is 0 Å². The second-order valence-corrected chi connectivity index (χ2v) is 5.55. The van der Waals surface area contributed by atoms with Crippen molar-refractivity contribution < 1.29 is 27.5 Å². The van der Waals surface area contributed by atoms with Gasteiger partial charge < -0.3 is 9.47 Å². The minimum atomic E-state index is -4.05. The summed E-state index contributed by atoms with van der Waals surface area (Å²) < 4.78 is 32.4. The number of carbonyl (C=O) groups is 2. The number of ether oxygens (including phenoxy) is 2. The van der Waals surface area contributed by atoms with Gasteiger partial charge >= 0.3 is 5.97 Å². The maximum Gasteiger partial charge on any atom is 0.320 e. The van der Waals surface area contributed by atoms with Crippen LogP contribution in [-0.2, 0) is 24.3 Å². The first kappa shape index (κ1) is 16.1. The normalized spacial score (nSPS) is 12.6. The van der Waals surface area contributed by atoms with E-state index in [0.29, 0.717) is 0 Å². The zero-order valence-corrected chi connectivity index (χ0v) is 12.1. The Kier molecular flexibility index (Phi) is 4.85. The Morgan fingerprint density at radius 1 is 1.25 bits per heavy atom. The van der Waals surface area contributed by atoms with E-state index >= 15 is 0 Å². The summed E-state index contributed by atoms with van der Waals surface area (Å²) in [6, 6.07) is 3.88. The Bertz CT molecular complexity index is 637. The molecule has 20 heavy (non-hydrogen) atoms. The first-order chi connectivity index (χ1) is 9.22. The highest BCUT2D eigenvalue weighted by Crippen LogP contribution is 2.28. The summed E-state index contributed by atoms with van der Waals surface area (Å²) in [6.45, 7) is 1.21. The fourth-order valence-electron chi connectivity index (χ4n) is 1.75. The van der Waals surface area contributed by atoms with Crippen molar-refractivity contribution in [3.8, 4) is 5.75 Å². The largest absolute Gasteiger partial charge is 0.495 e. The lowest BCUT2D eigenvalue weighted by molar-refractivity contribution is -0.145. The number of Topliss-reactive ketones (excluding diaryl/α,β-unsaturated/α-hetero) is 1. The number of esters is 1. The number of rotatable bonds is 5. The second kappa shape index (κ2) is 6.02. The van der Waals surface area contributed by atoms with Crippen LogP contribution in [0.1, 0.15) is 18.4 Å². The van der Waals surface area contributed by atoms with Crippen LogP contribution >= 0.6 is 0 Å². The number of sulfonamides is 1. The van der Waals surface area contributed by atoms with Gasteiger partial charge in [-0.3, -0.25) is 9.59 Å². The summed E-state index contributed by atoms with van der Waals surface area (Å²) in [4.78, 5) is 22.9. The monoisotopic (exact) mass is 301 g/mol. The third-order valence-electron chi connectivity index (χ3n) is 2.67. The number of primary sulfonamides is 1. The van der Waals surface area contributed by atoms with E-state index in [1.54, 1.807) is 0 Å². The summed E-state index contributed by atoms with van der Waals surface area (Å²) in [5, 5.41) is 5.08. The average molecular weight is 301 g/mol. The minimum Gasteiger partial charge on any atom is -0.495 e. The quantitative estimate of drug-likeness (QED) is 0.613. The van der Waals surface area contributed by atoms with E-state index < -0.39 is 27.7 Å². The summed E-state index contributed by atoms with van der Waals surface area (Å²) >= 11 is 0. The van der Waals surface area contributed by atoms with Crippen molar-refractivity contribution in [2.45, 2.75) is 17.7 Å². The van der Waals surface area contributed by atoms with Gasteiger partial charge in [-0.15, -0.1) is 0 Å². The molecule has 0 radical (unpaired) electrons. The van der Waals surface area contributed by atoms with Gasteiger partial charge in [0.25, 0.3) is 0 Å². The van der Waals surface area contributed by atoms with Gasteiger partial charge in [0.05, 0.1) is 14.2 Å². The van der Waals surface area contributed by atoms with E-state index in [2.05, 4.69) is 4.74 Å². The lowest BCUT2D eigenvalue weighted by Crippen LogP contribution is -2.22. The summed E-state index contributed by atoms with van der Waals surface area (Å²) in [7, 11) is -1.62. The van der Waals surface area contributed by atoms with Crippen molar-refractivity contribution in [1.82, 2.24) is 0 Å². The maximum atomic E-state index is 11.6. The molecule has 0 aliphatic rings. The predicted octanol–water partition coefficient (Wildman–Crippen LogP) is 0.188. The molecule has 0 heterocycles. The highest BCUT2D eigenvalue weighted by molar-refractivity contribution is 7.89. The Labute approximate surface area is 116 Å². The minimum absolute atomic E-state index is 0.0309. The molecule has 0 bridgehead atoms. The molecular weight excluding hydrogens is 286 g/mol. The average Bonchev–Trinajstić information content (AvgIpc) is 2.37. The third-order valence-corrected chi connectivity index (χ3v) is 3.60. The number of hydrogen-bond donors (Lipinski definition) is 1.